The van der Waals surface area contributed by atoms with E-state index in [9.17, 15) is 0 Å². The van der Waals surface area contributed by atoms with Crippen LogP contribution in [0.4, 0.5) is 0 Å². The van der Waals surface area contributed by atoms with E-state index >= 15 is 0 Å². The van der Waals surface area contributed by atoms with Gasteiger partial charge < -0.3 is 4.74 Å². The quantitative estimate of drug-likeness (QED) is 0.898. The Morgan fingerprint density at radius 2 is 1.94 bits per heavy atom. The number of rotatable bonds is 4. The molecule has 2 rings (SSSR count). The molecule has 0 amide bonds. The summed E-state index contributed by atoms with van der Waals surface area (Å²) in [5.41, 5.74) is 0.153. The highest BCUT2D eigenvalue weighted by Gasteiger charge is 2.24. The van der Waals surface area contributed by atoms with Gasteiger partial charge in [0.2, 0.25) is 0 Å². The monoisotopic (exact) mass is 245 g/mol. The van der Waals surface area contributed by atoms with Crippen molar-refractivity contribution in [2.45, 2.75) is 33.3 Å². The molecular formula is C14H19N3O. The molecule has 1 aromatic heterocycles. The molecule has 4 heteroatoms. The normalized spacial score (nSPS) is 13.3. The number of benzene rings is 1. The third kappa shape index (κ3) is 3.58. The maximum Gasteiger partial charge on any atom is 0.191 e. The number of hydrogen-bond donors (Lipinski definition) is 1. The second-order valence-electron chi connectivity index (χ2n) is 5.54. The van der Waals surface area contributed by atoms with E-state index in [1.165, 1.54) is 0 Å². The summed E-state index contributed by atoms with van der Waals surface area (Å²) in [6.07, 6.45) is 2.32. The van der Waals surface area contributed by atoms with E-state index in [2.05, 4.69) is 36.0 Å². The second kappa shape index (κ2) is 5.21. The van der Waals surface area contributed by atoms with Crippen molar-refractivity contribution in [2.75, 3.05) is 0 Å². The van der Waals surface area contributed by atoms with Gasteiger partial charge in [0.05, 0.1) is 0 Å². The number of hydrogen-bond acceptors (Lipinski definition) is 3. The van der Waals surface area contributed by atoms with Gasteiger partial charge >= 0.3 is 0 Å². The Hall–Kier alpha value is -1.84. The number of nitrogens with one attached hydrogen (secondary N) is 1. The Labute approximate surface area is 107 Å². The van der Waals surface area contributed by atoms with Gasteiger partial charge in [-0.1, -0.05) is 39.0 Å². The van der Waals surface area contributed by atoms with E-state index < -0.39 is 0 Å². The van der Waals surface area contributed by atoms with Gasteiger partial charge in [-0.3, -0.25) is 5.10 Å². The summed E-state index contributed by atoms with van der Waals surface area (Å²) < 4.78 is 5.99. The van der Waals surface area contributed by atoms with E-state index in [-0.39, 0.29) is 11.5 Å². The Morgan fingerprint density at radius 3 is 2.50 bits per heavy atom. The predicted molar refractivity (Wildman–Crippen MR) is 70.3 cm³/mol. The minimum Gasteiger partial charge on any atom is -0.482 e. The molecule has 0 aliphatic carbocycles. The maximum atomic E-state index is 5.99. The van der Waals surface area contributed by atoms with Gasteiger partial charge in [-0.15, -0.1) is 0 Å². The molecule has 1 atom stereocenters. The van der Waals surface area contributed by atoms with Crippen molar-refractivity contribution in [3.8, 4) is 5.75 Å². The van der Waals surface area contributed by atoms with Crippen LogP contribution in [0.1, 0.15) is 39.1 Å². The van der Waals surface area contributed by atoms with Crippen molar-refractivity contribution < 1.29 is 4.74 Å². The summed E-state index contributed by atoms with van der Waals surface area (Å²) in [5, 5.41) is 6.88. The SMILES string of the molecule is CC(C)(C)CC(Oc1ccccc1)c1nc[nH]n1. The van der Waals surface area contributed by atoms with Gasteiger partial charge in [-0.2, -0.15) is 5.10 Å². The Morgan fingerprint density at radius 1 is 1.22 bits per heavy atom. The average molecular weight is 245 g/mol. The summed E-state index contributed by atoms with van der Waals surface area (Å²) in [7, 11) is 0. The van der Waals surface area contributed by atoms with Gasteiger partial charge in [-0.25, -0.2) is 4.98 Å². The zero-order valence-corrected chi connectivity index (χ0v) is 11.1. The molecule has 0 spiro atoms. The zero-order valence-electron chi connectivity index (χ0n) is 11.1. The summed E-state index contributed by atoms with van der Waals surface area (Å²) in [5.74, 6) is 1.55. The highest BCUT2D eigenvalue weighted by atomic mass is 16.5. The van der Waals surface area contributed by atoms with Crippen LogP contribution in [0.2, 0.25) is 0 Å². The summed E-state index contributed by atoms with van der Waals surface area (Å²) >= 11 is 0. The van der Waals surface area contributed by atoms with Crippen LogP contribution < -0.4 is 4.74 Å². The van der Waals surface area contributed by atoms with E-state index in [0.717, 1.165) is 12.2 Å². The van der Waals surface area contributed by atoms with Crippen molar-refractivity contribution in [2.24, 2.45) is 5.41 Å². The fraction of sp³-hybridized carbons (Fsp3) is 0.429. The molecule has 0 aliphatic rings. The first-order valence-corrected chi connectivity index (χ1v) is 6.12. The van der Waals surface area contributed by atoms with Crippen LogP contribution in [-0.4, -0.2) is 15.2 Å². The van der Waals surface area contributed by atoms with Crippen molar-refractivity contribution in [3.63, 3.8) is 0 Å². The molecule has 0 saturated heterocycles. The molecule has 1 aromatic carbocycles. The minimum atomic E-state index is -0.126. The van der Waals surface area contributed by atoms with Gasteiger partial charge in [0.25, 0.3) is 0 Å². The highest BCUT2D eigenvalue weighted by molar-refractivity contribution is 5.21. The van der Waals surface area contributed by atoms with Crippen molar-refractivity contribution >= 4 is 0 Å². The van der Waals surface area contributed by atoms with Crippen LogP contribution in [0.3, 0.4) is 0 Å². The minimum absolute atomic E-state index is 0.126. The fourth-order valence-electron chi connectivity index (χ4n) is 1.78. The smallest absolute Gasteiger partial charge is 0.191 e. The predicted octanol–water partition coefficient (Wildman–Crippen LogP) is 3.36. The Balaban J connectivity index is 2.15. The lowest BCUT2D eigenvalue weighted by molar-refractivity contribution is 0.138. The molecule has 4 nitrogen and oxygen atoms in total. The van der Waals surface area contributed by atoms with Crippen LogP contribution >= 0.6 is 0 Å². The molecule has 2 aromatic rings. The third-order valence-electron chi connectivity index (χ3n) is 2.54. The molecule has 1 N–H and O–H groups in total. The van der Waals surface area contributed by atoms with E-state index in [4.69, 9.17) is 4.74 Å². The van der Waals surface area contributed by atoms with Gasteiger partial charge in [0.15, 0.2) is 11.9 Å². The number of aromatic nitrogens is 3. The number of ether oxygens (including phenoxy) is 1. The van der Waals surface area contributed by atoms with E-state index in [1.807, 2.05) is 30.3 Å². The Kier molecular flexibility index (Phi) is 3.65. The summed E-state index contributed by atoms with van der Waals surface area (Å²) in [6, 6.07) is 9.78. The molecule has 0 saturated carbocycles. The first kappa shape index (κ1) is 12.6. The lowest BCUT2D eigenvalue weighted by atomic mass is 9.89. The summed E-state index contributed by atoms with van der Waals surface area (Å²) in [4.78, 5) is 4.21. The molecule has 0 bridgehead atoms. The first-order valence-electron chi connectivity index (χ1n) is 6.12. The van der Waals surface area contributed by atoms with Crippen LogP contribution in [0.15, 0.2) is 36.7 Å². The van der Waals surface area contributed by atoms with Gasteiger partial charge in [-0.05, 0) is 24.0 Å². The number of para-hydroxylation sites is 1. The van der Waals surface area contributed by atoms with Crippen molar-refractivity contribution in [1.82, 2.24) is 15.2 Å². The molecule has 18 heavy (non-hydrogen) atoms. The highest BCUT2D eigenvalue weighted by Crippen LogP contribution is 2.31. The van der Waals surface area contributed by atoms with Crippen LogP contribution in [0.5, 0.6) is 5.75 Å². The lowest BCUT2D eigenvalue weighted by Crippen LogP contribution is -2.18. The molecule has 0 aliphatic heterocycles. The molecule has 0 radical (unpaired) electrons. The molecule has 1 heterocycles. The van der Waals surface area contributed by atoms with Crippen LogP contribution in [-0.2, 0) is 0 Å². The van der Waals surface area contributed by atoms with Crippen molar-refractivity contribution in [1.29, 1.82) is 0 Å². The Bertz CT molecular complexity index is 460. The lowest BCUT2D eigenvalue weighted by Gasteiger charge is -2.24. The van der Waals surface area contributed by atoms with Crippen LogP contribution in [0.25, 0.3) is 0 Å². The first-order chi connectivity index (χ1) is 8.54. The standard InChI is InChI=1S/C14H19N3O/c1-14(2,3)9-12(13-15-10-16-17-13)18-11-7-5-4-6-8-11/h4-8,10,12H,9H2,1-3H3,(H,15,16,17). The van der Waals surface area contributed by atoms with Gasteiger partial charge in [0.1, 0.15) is 12.1 Å². The topological polar surface area (TPSA) is 50.8 Å². The maximum absolute atomic E-state index is 5.99. The molecular weight excluding hydrogens is 226 g/mol. The fourth-order valence-corrected chi connectivity index (χ4v) is 1.78. The second-order valence-corrected chi connectivity index (χ2v) is 5.54. The largest absolute Gasteiger partial charge is 0.482 e. The number of nitrogens with zero attached hydrogens (tertiary/aromatic N) is 2. The van der Waals surface area contributed by atoms with Crippen molar-refractivity contribution in [3.05, 3.63) is 42.5 Å². The molecule has 96 valence electrons. The zero-order chi connectivity index (χ0) is 13.0. The number of aromatic amines is 1. The van der Waals surface area contributed by atoms with E-state index in [0.29, 0.717) is 5.82 Å². The molecule has 0 fully saturated rings. The average Bonchev–Trinajstić information content (AvgIpc) is 2.81. The number of H-pyrrole nitrogens is 1. The van der Waals surface area contributed by atoms with Crippen LogP contribution in [0, 0.1) is 5.41 Å². The van der Waals surface area contributed by atoms with E-state index in [1.54, 1.807) is 6.33 Å². The van der Waals surface area contributed by atoms with Gasteiger partial charge in [0, 0.05) is 0 Å². The summed E-state index contributed by atoms with van der Waals surface area (Å²) in [6.45, 7) is 6.54. The molecule has 1 unspecified atom stereocenters. The third-order valence-corrected chi connectivity index (χ3v) is 2.54.